The Bertz CT molecular complexity index is 705. The van der Waals surface area contributed by atoms with Crippen molar-refractivity contribution in [2.24, 2.45) is 0 Å². The number of aromatic nitrogens is 1. The summed E-state index contributed by atoms with van der Waals surface area (Å²) in [5, 5.41) is 3.01. The SMILES string of the molecule is Cc1ccc2c(sc3c(Cl)nccc32)c1Br. The normalized spacial score (nSPS) is 11.4. The van der Waals surface area contributed by atoms with Gasteiger partial charge in [-0.3, -0.25) is 0 Å². The number of halogens is 2. The van der Waals surface area contributed by atoms with Crippen LogP contribution in [0.3, 0.4) is 0 Å². The highest BCUT2D eigenvalue weighted by atomic mass is 79.9. The van der Waals surface area contributed by atoms with E-state index >= 15 is 0 Å². The Kier molecular flexibility index (Phi) is 2.42. The van der Waals surface area contributed by atoms with Crippen molar-refractivity contribution in [3.05, 3.63) is 39.6 Å². The van der Waals surface area contributed by atoms with Crippen LogP contribution < -0.4 is 0 Å². The minimum absolute atomic E-state index is 0.586. The van der Waals surface area contributed by atoms with E-state index in [1.54, 1.807) is 17.5 Å². The first-order valence-corrected chi connectivity index (χ1v) is 6.79. The molecule has 0 saturated heterocycles. The second-order valence-corrected chi connectivity index (χ2v) is 5.83. The number of fused-ring (bicyclic) bond motifs is 3. The maximum Gasteiger partial charge on any atom is 0.146 e. The molecule has 1 nitrogen and oxygen atoms in total. The Balaban J connectivity index is 2.60. The van der Waals surface area contributed by atoms with E-state index in [1.165, 1.54) is 21.0 Å². The van der Waals surface area contributed by atoms with E-state index in [2.05, 4.69) is 40.0 Å². The Morgan fingerprint density at radius 2 is 1.94 bits per heavy atom. The highest BCUT2D eigenvalue weighted by Crippen LogP contribution is 2.41. The number of hydrogen-bond donors (Lipinski definition) is 0. The number of pyridine rings is 1. The number of rotatable bonds is 0. The van der Waals surface area contributed by atoms with Crippen molar-refractivity contribution in [2.45, 2.75) is 6.92 Å². The van der Waals surface area contributed by atoms with Gasteiger partial charge < -0.3 is 0 Å². The second-order valence-electron chi connectivity index (χ2n) is 3.65. The molecule has 16 heavy (non-hydrogen) atoms. The monoisotopic (exact) mass is 311 g/mol. The molecule has 0 amide bonds. The first kappa shape index (κ1) is 10.5. The summed E-state index contributed by atoms with van der Waals surface area (Å²) in [6.07, 6.45) is 1.75. The summed E-state index contributed by atoms with van der Waals surface area (Å²) in [5.74, 6) is 0. The van der Waals surface area contributed by atoms with E-state index < -0.39 is 0 Å². The fourth-order valence-corrected chi connectivity index (χ4v) is 3.83. The maximum absolute atomic E-state index is 6.10. The highest BCUT2D eigenvalue weighted by Gasteiger charge is 2.11. The molecule has 0 spiro atoms. The van der Waals surface area contributed by atoms with Gasteiger partial charge >= 0.3 is 0 Å². The van der Waals surface area contributed by atoms with Crippen molar-refractivity contribution in [2.75, 3.05) is 0 Å². The van der Waals surface area contributed by atoms with Crippen LogP contribution in [0.1, 0.15) is 5.56 Å². The van der Waals surface area contributed by atoms with Crippen LogP contribution in [-0.4, -0.2) is 4.98 Å². The average Bonchev–Trinajstić information content (AvgIpc) is 2.65. The van der Waals surface area contributed by atoms with Gasteiger partial charge in [0.1, 0.15) is 5.15 Å². The van der Waals surface area contributed by atoms with E-state index in [1.807, 2.05) is 6.07 Å². The zero-order valence-corrected chi connectivity index (χ0v) is 11.6. The summed E-state index contributed by atoms with van der Waals surface area (Å²) in [7, 11) is 0. The van der Waals surface area contributed by atoms with Gasteiger partial charge in [0.05, 0.1) is 9.40 Å². The van der Waals surface area contributed by atoms with Crippen molar-refractivity contribution in [1.82, 2.24) is 4.98 Å². The Hall–Kier alpha value is -0.640. The summed E-state index contributed by atoms with van der Waals surface area (Å²) in [4.78, 5) is 4.12. The molecule has 0 atom stereocenters. The fraction of sp³-hybridized carbons (Fsp3) is 0.0833. The number of hydrogen-bond acceptors (Lipinski definition) is 2. The van der Waals surface area contributed by atoms with Crippen LogP contribution in [0.5, 0.6) is 0 Å². The van der Waals surface area contributed by atoms with Crippen molar-refractivity contribution in [1.29, 1.82) is 0 Å². The van der Waals surface area contributed by atoms with E-state index in [9.17, 15) is 0 Å². The minimum atomic E-state index is 0.586. The molecule has 0 aliphatic heterocycles. The van der Waals surface area contributed by atoms with Crippen molar-refractivity contribution >= 4 is 59.0 Å². The maximum atomic E-state index is 6.10. The first-order valence-electron chi connectivity index (χ1n) is 4.80. The first-order chi connectivity index (χ1) is 7.68. The zero-order valence-electron chi connectivity index (χ0n) is 8.42. The van der Waals surface area contributed by atoms with Crippen LogP contribution in [-0.2, 0) is 0 Å². The standard InChI is InChI=1S/C12H7BrClNS/c1-6-2-3-7-8-4-5-15-12(14)11(8)16-10(7)9(6)13/h2-5H,1H3. The van der Waals surface area contributed by atoms with Crippen molar-refractivity contribution in [3.63, 3.8) is 0 Å². The third kappa shape index (κ3) is 1.39. The molecule has 0 aliphatic rings. The molecule has 0 N–H and O–H groups in total. The molecule has 4 heteroatoms. The fourth-order valence-electron chi connectivity index (χ4n) is 1.80. The van der Waals surface area contributed by atoms with Crippen molar-refractivity contribution in [3.8, 4) is 0 Å². The molecular weight excluding hydrogens is 306 g/mol. The topological polar surface area (TPSA) is 12.9 Å². The summed E-state index contributed by atoms with van der Waals surface area (Å²) in [6, 6.07) is 6.28. The number of aryl methyl sites for hydroxylation is 1. The summed E-state index contributed by atoms with van der Waals surface area (Å²) < 4.78 is 3.46. The van der Waals surface area contributed by atoms with E-state index in [0.717, 1.165) is 9.17 Å². The number of benzene rings is 1. The van der Waals surface area contributed by atoms with E-state index in [4.69, 9.17) is 11.6 Å². The van der Waals surface area contributed by atoms with Gasteiger partial charge in [-0.15, -0.1) is 11.3 Å². The smallest absolute Gasteiger partial charge is 0.146 e. The largest absolute Gasteiger partial charge is 0.243 e. The molecule has 2 aromatic heterocycles. The molecule has 0 aliphatic carbocycles. The molecule has 0 fully saturated rings. The lowest BCUT2D eigenvalue weighted by Crippen LogP contribution is -1.75. The molecule has 0 bridgehead atoms. The van der Waals surface area contributed by atoms with Gasteiger partial charge in [-0.05, 0) is 34.5 Å². The van der Waals surface area contributed by atoms with Crippen LogP contribution in [0.2, 0.25) is 5.15 Å². The predicted octanol–water partition coefficient (Wildman–Crippen LogP) is 5.17. The second kappa shape index (κ2) is 3.69. The molecule has 2 heterocycles. The lowest BCUT2D eigenvalue weighted by atomic mass is 10.1. The molecule has 1 aromatic carbocycles. The summed E-state index contributed by atoms with van der Waals surface area (Å²) in [5.41, 5.74) is 1.24. The zero-order chi connectivity index (χ0) is 11.3. The van der Waals surface area contributed by atoms with Crippen molar-refractivity contribution < 1.29 is 0 Å². The van der Waals surface area contributed by atoms with E-state index in [0.29, 0.717) is 5.15 Å². The molecule has 3 rings (SSSR count). The van der Waals surface area contributed by atoms with Crippen LogP contribution in [0, 0.1) is 6.92 Å². The summed E-state index contributed by atoms with van der Waals surface area (Å²) in [6.45, 7) is 2.09. The van der Waals surface area contributed by atoms with Crippen LogP contribution >= 0.6 is 38.9 Å². The van der Waals surface area contributed by atoms with Gasteiger partial charge in [0.15, 0.2) is 0 Å². The minimum Gasteiger partial charge on any atom is -0.243 e. The summed E-state index contributed by atoms with van der Waals surface area (Å²) >= 11 is 11.4. The van der Waals surface area contributed by atoms with Crippen LogP contribution in [0.4, 0.5) is 0 Å². The highest BCUT2D eigenvalue weighted by molar-refractivity contribution is 9.10. The predicted molar refractivity (Wildman–Crippen MR) is 74.6 cm³/mol. The van der Waals surface area contributed by atoms with Gasteiger partial charge in [0.25, 0.3) is 0 Å². The molecule has 3 aromatic rings. The lowest BCUT2D eigenvalue weighted by molar-refractivity contribution is 1.37. The Morgan fingerprint density at radius 1 is 1.19 bits per heavy atom. The molecular formula is C12H7BrClNS. The number of thiophene rings is 1. The van der Waals surface area contributed by atoms with Gasteiger partial charge in [-0.25, -0.2) is 4.98 Å². The third-order valence-electron chi connectivity index (χ3n) is 2.65. The van der Waals surface area contributed by atoms with Gasteiger partial charge in [-0.2, -0.15) is 0 Å². The van der Waals surface area contributed by atoms with Gasteiger partial charge in [0, 0.05) is 21.4 Å². The Morgan fingerprint density at radius 3 is 2.75 bits per heavy atom. The molecule has 80 valence electrons. The molecule has 0 unspecified atom stereocenters. The van der Waals surface area contributed by atoms with Crippen LogP contribution in [0.15, 0.2) is 28.9 Å². The Labute approximate surface area is 110 Å². The molecule has 0 radical (unpaired) electrons. The third-order valence-corrected chi connectivity index (χ3v) is 5.57. The lowest BCUT2D eigenvalue weighted by Gasteiger charge is -1.98. The van der Waals surface area contributed by atoms with Gasteiger partial charge in [0.2, 0.25) is 0 Å². The average molecular weight is 313 g/mol. The van der Waals surface area contributed by atoms with Crippen LogP contribution in [0.25, 0.3) is 20.2 Å². The van der Waals surface area contributed by atoms with E-state index in [-0.39, 0.29) is 0 Å². The number of nitrogens with zero attached hydrogens (tertiary/aromatic N) is 1. The quantitative estimate of drug-likeness (QED) is 0.522. The molecule has 0 saturated carbocycles. The van der Waals surface area contributed by atoms with Gasteiger partial charge in [-0.1, -0.05) is 23.7 Å².